The second-order valence-electron chi connectivity index (χ2n) is 3.42. The van der Waals surface area contributed by atoms with Crippen molar-refractivity contribution in [1.82, 2.24) is 5.32 Å². The van der Waals surface area contributed by atoms with Crippen LogP contribution in [0, 0.1) is 0 Å². The van der Waals surface area contributed by atoms with Crippen LogP contribution >= 0.6 is 0 Å². The number of nitrogens with one attached hydrogen (secondary N) is 1. The Bertz CT molecular complexity index is 294. The zero-order valence-electron chi connectivity index (χ0n) is 7.49. The first kappa shape index (κ1) is 8.45. The maximum absolute atomic E-state index is 11.0. The topological polar surface area (TPSA) is 29.1 Å². The summed E-state index contributed by atoms with van der Waals surface area (Å²) in [6.45, 7) is 0.803. The Morgan fingerprint density at radius 2 is 2.08 bits per heavy atom. The average molecular weight is 175 g/mol. The standard InChI is InChI=1S/C11H13NO/c13-11-7-6-10(11)12-8-9-4-2-1-3-5-9/h1-5,10,12H,6-8H2. The van der Waals surface area contributed by atoms with Gasteiger partial charge in [0.05, 0.1) is 6.04 Å². The molecule has 0 spiro atoms. The largest absolute Gasteiger partial charge is 0.303 e. The number of hydrogen-bond donors (Lipinski definition) is 1. The fourth-order valence-electron chi connectivity index (χ4n) is 1.46. The molecule has 1 aromatic carbocycles. The lowest BCUT2D eigenvalue weighted by atomic mass is 9.91. The highest BCUT2D eigenvalue weighted by molar-refractivity contribution is 5.89. The highest BCUT2D eigenvalue weighted by Gasteiger charge is 2.26. The summed E-state index contributed by atoms with van der Waals surface area (Å²) in [5, 5.41) is 3.24. The minimum absolute atomic E-state index is 0.125. The molecule has 1 atom stereocenters. The number of carbonyl (C=O) groups is 1. The third-order valence-corrected chi connectivity index (χ3v) is 2.46. The highest BCUT2D eigenvalue weighted by atomic mass is 16.1. The number of carbonyl (C=O) groups excluding carboxylic acids is 1. The lowest BCUT2D eigenvalue weighted by Crippen LogP contribution is -2.43. The second kappa shape index (κ2) is 3.71. The van der Waals surface area contributed by atoms with E-state index in [2.05, 4.69) is 17.4 Å². The van der Waals surface area contributed by atoms with Gasteiger partial charge in [-0.2, -0.15) is 0 Å². The molecule has 68 valence electrons. The summed E-state index contributed by atoms with van der Waals surface area (Å²) in [5.74, 6) is 0.357. The van der Waals surface area contributed by atoms with Gasteiger partial charge in [-0.15, -0.1) is 0 Å². The van der Waals surface area contributed by atoms with E-state index in [0.29, 0.717) is 5.78 Å². The number of Topliss-reactive ketones (excluding diaryl/α,β-unsaturated/α-hetero) is 1. The number of rotatable bonds is 3. The van der Waals surface area contributed by atoms with Crippen LogP contribution in [-0.4, -0.2) is 11.8 Å². The summed E-state index contributed by atoms with van der Waals surface area (Å²) in [7, 11) is 0. The monoisotopic (exact) mass is 175 g/mol. The van der Waals surface area contributed by atoms with Gasteiger partial charge < -0.3 is 5.32 Å². The van der Waals surface area contributed by atoms with Crippen molar-refractivity contribution in [2.45, 2.75) is 25.4 Å². The Labute approximate surface area is 78.0 Å². The van der Waals surface area contributed by atoms with Crippen molar-refractivity contribution < 1.29 is 4.79 Å². The Morgan fingerprint density at radius 3 is 2.62 bits per heavy atom. The van der Waals surface area contributed by atoms with Crippen LogP contribution in [0.3, 0.4) is 0 Å². The van der Waals surface area contributed by atoms with Crippen LogP contribution < -0.4 is 5.32 Å². The lowest BCUT2D eigenvalue weighted by Gasteiger charge is -2.24. The Hall–Kier alpha value is -1.15. The molecule has 0 saturated heterocycles. The predicted molar refractivity (Wildman–Crippen MR) is 51.3 cm³/mol. The van der Waals surface area contributed by atoms with Gasteiger partial charge in [0, 0.05) is 13.0 Å². The molecule has 2 rings (SSSR count). The van der Waals surface area contributed by atoms with Crippen LogP contribution in [0.4, 0.5) is 0 Å². The molecular weight excluding hydrogens is 162 g/mol. The molecule has 0 radical (unpaired) electrons. The quantitative estimate of drug-likeness (QED) is 0.754. The molecule has 1 saturated carbocycles. The van der Waals surface area contributed by atoms with Crippen molar-refractivity contribution in [1.29, 1.82) is 0 Å². The summed E-state index contributed by atoms with van der Waals surface area (Å²) in [6, 6.07) is 10.3. The van der Waals surface area contributed by atoms with Crippen molar-refractivity contribution >= 4 is 5.78 Å². The van der Waals surface area contributed by atoms with Crippen LogP contribution in [0.1, 0.15) is 18.4 Å². The normalized spacial score (nSPS) is 21.2. The van der Waals surface area contributed by atoms with Crippen LogP contribution in [-0.2, 0) is 11.3 Å². The van der Waals surface area contributed by atoms with E-state index in [-0.39, 0.29) is 6.04 Å². The van der Waals surface area contributed by atoms with E-state index in [1.54, 1.807) is 0 Å². The molecule has 0 bridgehead atoms. The summed E-state index contributed by atoms with van der Waals surface area (Å²) < 4.78 is 0. The molecule has 1 aliphatic carbocycles. The van der Waals surface area contributed by atoms with Crippen LogP contribution in [0.25, 0.3) is 0 Å². The van der Waals surface area contributed by atoms with E-state index >= 15 is 0 Å². The zero-order valence-corrected chi connectivity index (χ0v) is 7.49. The molecule has 1 aliphatic rings. The molecule has 0 amide bonds. The van der Waals surface area contributed by atoms with Gasteiger partial charge in [-0.3, -0.25) is 4.79 Å². The van der Waals surface area contributed by atoms with Crippen molar-refractivity contribution in [3.63, 3.8) is 0 Å². The van der Waals surface area contributed by atoms with Crippen molar-refractivity contribution in [2.24, 2.45) is 0 Å². The summed E-state index contributed by atoms with van der Waals surface area (Å²) in [5.41, 5.74) is 1.24. The molecule has 1 unspecified atom stereocenters. The van der Waals surface area contributed by atoms with E-state index in [4.69, 9.17) is 0 Å². The molecule has 0 aromatic heterocycles. The molecule has 2 nitrogen and oxygen atoms in total. The van der Waals surface area contributed by atoms with Gasteiger partial charge in [0.2, 0.25) is 0 Å². The van der Waals surface area contributed by atoms with Crippen LogP contribution in [0.5, 0.6) is 0 Å². The first-order valence-electron chi connectivity index (χ1n) is 4.66. The lowest BCUT2D eigenvalue weighted by molar-refractivity contribution is -0.126. The minimum Gasteiger partial charge on any atom is -0.303 e. The van der Waals surface area contributed by atoms with Crippen LogP contribution in [0.2, 0.25) is 0 Å². The smallest absolute Gasteiger partial charge is 0.149 e. The van der Waals surface area contributed by atoms with Crippen molar-refractivity contribution in [2.75, 3.05) is 0 Å². The van der Waals surface area contributed by atoms with E-state index in [0.717, 1.165) is 19.4 Å². The summed E-state index contributed by atoms with van der Waals surface area (Å²) >= 11 is 0. The first-order chi connectivity index (χ1) is 6.36. The van der Waals surface area contributed by atoms with E-state index in [9.17, 15) is 4.79 Å². The summed E-state index contributed by atoms with van der Waals surface area (Å²) in [6.07, 6.45) is 1.76. The molecule has 1 N–H and O–H groups in total. The molecular formula is C11H13NO. The van der Waals surface area contributed by atoms with Gasteiger partial charge in [0.15, 0.2) is 0 Å². The number of hydrogen-bond acceptors (Lipinski definition) is 2. The molecule has 1 fully saturated rings. The molecule has 2 heteroatoms. The fourth-order valence-corrected chi connectivity index (χ4v) is 1.46. The molecule has 1 aromatic rings. The average Bonchev–Trinajstić information content (AvgIpc) is 2.17. The first-order valence-corrected chi connectivity index (χ1v) is 4.66. The third-order valence-electron chi connectivity index (χ3n) is 2.46. The van der Waals surface area contributed by atoms with E-state index < -0.39 is 0 Å². The maximum atomic E-state index is 11.0. The van der Waals surface area contributed by atoms with Gasteiger partial charge in [0.1, 0.15) is 5.78 Å². The van der Waals surface area contributed by atoms with Crippen molar-refractivity contribution in [3.05, 3.63) is 35.9 Å². The second-order valence-corrected chi connectivity index (χ2v) is 3.42. The maximum Gasteiger partial charge on any atom is 0.149 e. The summed E-state index contributed by atoms with van der Waals surface area (Å²) in [4.78, 5) is 11.0. The van der Waals surface area contributed by atoms with E-state index in [1.165, 1.54) is 5.56 Å². The number of benzene rings is 1. The Morgan fingerprint density at radius 1 is 1.31 bits per heavy atom. The Balaban J connectivity index is 1.83. The minimum atomic E-state index is 0.125. The van der Waals surface area contributed by atoms with Crippen molar-refractivity contribution in [3.8, 4) is 0 Å². The van der Waals surface area contributed by atoms with Crippen LogP contribution in [0.15, 0.2) is 30.3 Å². The predicted octanol–water partition coefficient (Wildman–Crippen LogP) is 1.51. The van der Waals surface area contributed by atoms with Gasteiger partial charge in [-0.05, 0) is 12.0 Å². The SMILES string of the molecule is O=C1CCC1NCc1ccccc1. The molecule has 0 aliphatic heterocycles. The van der Waals surface area contributed by atoms with Gasteiger partial charge in [0.25, 0.3) is 0 Å². The molecule has 0 heterocycles. The van der Waals surface area contributed by atoms with E-state index in [1.807, 2.05) is 18.2 Å². The van der Waals surface area contributed by atoms with Gasteiger partial charge in [-0.1, -0.05) is 30.3 Å². The Kier molecular flexibility index (Phi) is 2.41. The highest BCUT2D eigenvalue weighted by Crippen LogP contribution is 2.14. The van der Waals surface area contributed by atoms with Gasteiger partial charge in [-0.25, -0.2) is 0 Å². The third kappa shape index (κ3) is 1.95. The van der Waals surface area contributed by atoms with Gasteiger partial charge >= 0.3 is 0 Å². The number of ketones is 1. The molecule has 13 heavy (non-hydrogen) atoms. The fraction of sp³-hybridized carbons (Fsp3) is 0.364. The zero-order chi connectivity index (χ0) is 9.10.